The monoisotopic (exact) mass is 338 g/mol. The van der Waals surface area contributed by atoms with Crippen molar-refractivity contribution >= 4 is 29.1 Å². The number of ether oxygens (including phenoxy) is 1. The zero-order valence-corrected chi connectivity index (χ0v) is 13.6. The van der Waals surface area contributed by atoms with Crippen LogP contribution in [0.2, 0.25) is 10.2 Å². The van der Waals surface area contributed by atoms with Crippen LogP contribution in [0.3, 0.4) is 0 Å². The molecule has 0 spiro atoms. The Hall–Kier alpha value is -1.62. The van der Waals surface area contributed by atoms with Gasteiger partial charge in [0.25, 0.3) is 0 Å². The van der Waals surface area contributed by atoms with E-state index in [2.05, 4.69) is 10.3 Å². The Morgan fingerprint density at radius 1 is 1.32 bits per heavy atom. The fraction of sp³-hybridized carbons (Fsp3) is 0.250. The van der Waals surface area contributed by atoms with Gasteiger partial charge in [-0.15, -0.1) is 0 Å². The summed E-state index contributed by atoms with van der Waals surface area (Å²) in [6.45, 7) is 0.372. The van der Waals surface area contributed by atoms with E-state index in [1.54, 1.807) is 31.5 Å². The fourth-order valence-corrected chi connectivity index (χ4v) is 2.32. The number of pyridine rings is 1. The molecule has 0 aliphatic rings. The number of amides is 1. The highest BCUT2D eigenvalue weighted by molar-refractivity contribution is 6.30. The maximum absolute atomic E-state index is 12.0. The summed E-state index contributed by atoms with van der Waals surface area (Å²) in [6, 6.07) is 10.8. The van der Waals surface area contributed by atoms with Gasteiger partial charge in [0.1, 0.15) is 5.15 Å². The van der Waals surface area contributed by atoms with Gasteiger partial charge in [-0.2, -0.15) is 0 Å². The van der Waals surface area contributed by atoms with Gasteiger partial charge < -0.3 is 10.1 Å². The minimum absolute atomic E-state index is 0.104. The van der Waals surface area contributed by atoms with E-state index in [9.17, 15) is 4.79 Å². The van der Waals surface area contributed by atoms with Crippen molar-refractivity contribution in [2.75, 3.05) is 13.7 Å². The minimum Gasteiger partial charge on any atom is -0.375 e. The second kappa shape index (κ2) is 8.13. The van der Waals surface area contributed by atoms with Gasteiger partial charge >= 0.3 is 0 Å². The van der Waals surface area contributed by atoms with E-state index in [0.717, 1.165) is 11.1 Å². The predicted molar refractivity (Wildman–Crippen MR) is 87.2 cm³/mol. The van der Waals surface area contributed by atoms with Crippen LogP contribution in [0.25, 0.3) is 0 Å². The molecule has 1 aromatic carbocycles. The van der Waals surface area contributed by atoms with Crippen LogP contribution in [0.4, 0.5) is 0 Å². The van der Waals surface area contributed by atoms with Gasteiger partial charge in [-0.25, -0.2) is 4.98 Å². The first kappa shape index (κ1) is 16.7. The molecule has 1 atom stereocenters. The lowest BCUT2D eigenvalue weighted by Gasteiger charge is -2.16. The molecule has 0 unspecified atom stereocenters. The smallest absolute Gasteiger partial charge is 0.224 e. The van der Waals surface area contributed by atoms with Crippen LogP contribution in [-0.4, -0.2) is 24.5 Å². The minimum atomic E-state index is -0.244. The molecule has 22 heavy (non-hydrogen) atoms. The Bertz CT molecular complexity index is 632. The number of aromatic nitrogens is 1. The summed E-state index contributed by atoms with van der Waals surface area (Å²) in [6.07, 6.45) is 1.59. The Labute approximate surface area is 139 Å². The largest absolute Gasteiger partial charge is 0.375 e. The summed E-state index contributed by atoms with van der Waals surface area (Å²) in [5.41, 5.74) is 1.72. The Kier molecular flexibility index (Phi) is 6.19. The van der Waals surface area contributed by atoms with Crippen LogP contribution in [0.15, 0.2) is 42.6 Å². The third kappa shape index (κ3) is 4.98. The summed E-state index contributed by atoms with van der Waals surface area (Å²) >= 11 is 11.7. The number of hydrogen-bond acceptors (Lipinski definition) is 3. The molecule has 0 saturated heterocycles. The van der Waals surface area contributed by atoms with Crippen LogP contribution < -0.4 is 5.32 Å². The Morgan fingerprint density at radius 3 is 2.77 bits per heavy atom. The van der Waals surface area contributed by atoms with E-state index in [1.807, 2.05) is 18.2 Å². The first-order valence-corrected chi connectivity index (χ1v) is 7.49. The topological polar surface area (TPSA) is 51.2 Å². The van der Waals surface area contributed by atoms with Crippen molar-refractivity contribution in [2.24, 2.45) is 0 Å². The average molecular weight is 339 g/mol. The normalized spacial score (nSPS) is 12.0. The molecule has 4 nitrogen and oxygen atoms in total. The zero-order valence-electron chi connectivity index (χ0n) is 12.1. The Morgan fingerprint density at radius 2 is 2.14 bits per heavy atom. The van der Waals surface area contributed by atoms with E-state index in [-0.39, 0.29) is 18.4 Å². The van der Waals surface area contributed by atoms with Crippen LogP contribution in [-0.2, 0) is 16.0 Å². The SMILES string of the molecule is CO[C@H](CNC(=O)Cc1ccc(Cl)nc1)c1cccc(Cl)c1. The van der Waals surface area contributed by atoms with Crippen LogP contribution >= 0.6 is 23.2 Å². The molecule has 1 heterocycles. The second-order valence-corrected chi connectivity index (χ2v) is 5.57. The van der Waals surface area contributed by atoms with Crippen molar-refractivity contribution in [3.05, 3.63) is 63.9 Å². The highest BCUT2D eigenvalue weighted by Crippen LogP contribution is 2.19. The summed E-state index contributed by atoms with van der Waals surface area (Å²) in [5, 5.41) is 3.89. The van der Waals surface area contributed by atoms with Gasteiger partial charge in [-0.1, -0.05) is 41.4 Å². The fourth-order valence-electron chi connectivity index (χ4n) is 2.01. The quantitative estimate of drug-likeness (QED) is 0.821. The molecular weight excluding hydrogens is 323 g/mol. The molecule has 1 N–H and O–H groups in total. The lowest BCUT2D eigenvalue weighted by molar-refractivity contribution is -0.121. The van der Waals surface area contributed by atoms with Crippen LogP contribution in [0.1, 0.15) is 17.2 Å². The van der Waals surface area contributed by atoms with E-state index in [4.69, 9.17) is 27.9 Å². The lowest BCUT2D eigenvalue weighted by Crippen LogP contribution is -2.30. The third-order valence-electron chi connectivity index (χ3n) is 3.14. The predicted octanol–water partition coefficient (Wildman–Crippen LogP) is 3.43. The van der Waals surface area contributed by atoms with Gasteiger partial charge in [-0.05, 0) is 29.3 Å². The number of methoxy groups -OCH3 is 1. The van der Waals surface area contributed by atoms with Crippen molar-refractivity contribution < 1.29 is 9.53 Å². The number of rotatable bonds is 6. The average Bonchev–Trinajstić information content (AvgIpc) is 2.50. The molecule has 2 aromatic rings. The standard InChI is InChI=1S/C16H16Cl2N2O2/c1-22-14(12-3-2-4-13(17)8-12)10-20-16(21)7-11-5-6-15(18)19-9-11/h2-6,8-9,14H,7,10H2,1H3,(H,20,21)/t14-/m1/s1. The molecule has 0 fully saturated rings. The number of nitrogens with zero attached hydrogens (tertiary/aromatic N) is 1. The number of carbonyl (C=O) groups is 1. The molecule has 0 aliphatic heterocycles. The maximum Gasteiger partial charge on any atom is 0.224 e. The van der Waals surface area contributed by atoms with Gasteiger partial charge in [-0.3, -0.25) is 4.79 Å². The van der Waals surface area contributed by atoms with Gasteiger partial charge in [0.05, 0.1) is 12.5 Å². The second-order valence-electron chi connectivity index (χ2n) is 4.75. The van der Waals surface area contributed by atoms with Gasteiger partial charge in [0, 0.05) is 24.9 Å². The van der Waals surface area contributed by atoms with Crippen molar-refractivity contribution in [1.29, 1.82) is 0 Å². The lowest BCUT2D eigenvalue weighted by atomic mass is 10.1. The van der Waals surface area contributed by atoms with E-state index >= 15 is 0 Å². The van der Waals surface area contributed by atoms with Crippen LogP contribution in [0, 0.1) is 0 Å². The van der Waals surface area contributed by atoms with Crippen molar-refractivity contribution in [1.82, 2.24) is 10.3 Å². The molecule has 0 radical (unpaired) electrons. The number of carbonyl (C=O) groups excluding carboxylic acids is 1. The molecule has 116 valence electrons. The summed E-state index contributed by atoms with van der Waals surface area (Å²) < 4.78 is 5.40. The molecule has 6 heteroatoms. The molecule has 0 aliphatic carbocycles. The maximum atomic E-state index is 12.0. The Balaban J connectivity index is 1.90. The molecule has 2 rings (SSSR count). The van der Waals surface area contributed by atoms with E-state index < -0.39 is 0 Å². The number of nitrogens with one attached hydrogen (secondary N) is 1. The molecule has 0 saturated carbocycles. The first-order chi connectivity index (χ1) is 10.6. The number of halogens is 2. The van der Waals surface area contributed by atoms with Crippen molar-refractivity contribution in [3.8, 4) is 0 Å². The number of hydrogen-bond donors (Lipinski definition) is 1. The highest BCUT2D eigenvalue weighted by Gasteiger charge is 2.12. The highest BCUT2D eigenvalue weighted by atomic mass is 35.5. The summed E-state index contributed by atoms with van der Waals surface area (Å²) in [7, 11) is 1.60. The first-order valence-electron chi connectivity index (χ1n) is 6.74. The van der Waals surface area contributed by atoms with Gasteiger partial charge in [0.2, 0.25) is 5.91 Å². The van der Waals surface area contributed by atoms with Gasteiger partial charge in [0.15, 0.2) is 0 Å². The summed E-state index contributed by atoms with van der Waals surface area (Å²) in [4.78, 5) is 15.9. The molecule has 1 aromatic heterocycles. The molecule has 0 bridgehead atoms. The molecule has 1 amide bonds. The molecular formula is C16H16Cl2N2O2. The van der Waals surface area contributed by atoms with Crippen molar-refractivity contribution in [3.63, 3.8) is 0 Å². The third-order valence-corrected chi connectivity index (χ3v) is 3.60. The van der Waals surface area contributed by atoms with E-state index in [1.165, 1.54) is 0 Å². The van der Waals surface area contributed by atoms with Crippen molar-refractivity contribution in [2.45, 2.75) is 12.5 Å². The zero-order chi connectivity index (χ0) is 15.9. The van der Waals surface area contributed by atoms with Crippen LogP contribution in [0.5, 0.6) is 0 Å². The van der Waals surface area contributed by atoms with E-state index in [0.29, 0.717) is 16.7 Å². The number of benzene rings is 1. The summed E-state index contributed by atoms with van der Waals surface area (Å²) in [5.74, 6) is -0.104.